The molecule has 164 valence electrons. The molecule has 5 nitrogen and oxygen atoms in total. The zero-order valence-electron chi connectivity index (χ0n) is 18.2. The molecular formula is C27H23ClN4O. The molecule has 0 aliphatic carbocycles. The number of aromatic nitrogens is 1. The van der Waals surface area contributed by atoms with Gasteiger partial charge in [-0.05, 0) is 60.1 Å². The Morgan fingerprint density at radius 3 is 2.70 bits per heavy atom. The fourth-order valence-electron chi connectivity index (χ4n) is 4.02. The van der Waals surface area contributed by atoms with E-state index >= 15 is 0 Å². The van der Waals surface area contributed by atoms with Crippen molar-refractivity contribution in [1.29, 1.82) is 0 Å². The summed E-state index contributed by atoms with van der Waals surface area (Å²) in [5.74, 6) is -0.162. The van der Waals surface area contributed by atoms with Gasteiger partial charge in [0.25, 0.3) is 5.91 Å². The highest BCUT2D eigenvalue weighted by molar-refractivity contribution is 6.38. The number of anilines is 2. The minimum atomic E-state index is -0.162. The summed E-state index contributed by atoms with van der Waals surface area (Å²) in [4.78, 5) is 17.5. The first-order valence-electron chi connectivity index (χ1n) is 10.9. The molecule has 0 saturated heterocycles. The molecule has 6 heteroatoms. The molecule has 5 rings (SSSR count). The highest BCUT2D eigenvalue weighted by atomic mass is 35.5. The third kappa shape index (κ3) is 4.33. The van der Waals surface area contributed by atoms with Crippen molar-refractivity contribution in [3.05, 3.63) is 101 Å². The van der Waals surface area contributed by atoms with Gasteiger partial charge in [0.15, 0.2) is 0 Å². The summed E-state index contributed by atoms with van der Waals surface area (Å²) in [6.45, 7) is 3.83. The SMILES string of the molecule is CCNCc1ccc(N/C(=C2\C(=O)Nc3cc(Cl)ccc32)c2ccc3ncccc3c2)cc1. The van der Waals surface area contributed by atoms with Crippen LogP contribution in [-0.4, -0.2) is 17.4 Å². The van der Waals surface area contributed by atoms with Gasteiger partial charge in [0.05, 0.1) is 22.5 Å². The average Bonchev–Trinajstić information content (AvgIpc) is 3.16. The van der Waals surface area contributed by atoms with Crippen LogP contribution in [0.5, 0.6) is 0 Å². The van der Waals surface area contributed by atoms with Crippen LogP contribution in [0.3, 0.4) is 0 Å². The van der Waals surface area contributed by atoms with Crippen LogP contribution < -0.4 is 16.0 Å². The van der Waals surface area contributed by atoms with Gasteiger partial charge in [-0.25, -0.2) is 0 Å². The zero-order valence-corrected chi connectivity index (χ0v) is 18.9. The number of carbonyl (C=O) groups is 1. The van der Waals surface area contributed by atoms with Gasteiger partial charge in [0.2, 0.25) is 0 Å². The molecule has 1 aliphatic heterocycles. The van der Waals surface area contributed by atoms with Crippen molar-refractivity contribution in [2.45, 2.75) is 13.5 Å². The number of carbonyl (C=O) groups excluding carboxylic acids is 1. The largest absolute Gasteiger partial charge is 0.354 e. The summed E-state index contributed by atoms with van der Waals surface area (Å²) in [7, 11) is 0. The molecule has 0 bridgehead atoms. The normalized spacial score (nSPS) is 14.2. The van der Waals surface area contributed by atoms with Crippen LogP contribution in [0, 0.1) is 0 Å². The van der Waals surface area contributed by atoms with Crippen molar-refractivity contribution in [1.82, 2.24) is 10.3 Å². The van der Waals surface area contributed by atoms with Crippen molar-refractivity contribution in [2.75, 3.05) is 17.2 Å². The van der Waals surface area contributed by atoms with Gasteiger partial charge in [-0.15, -0.1) is 0 Å². The van der Waals surface area contributed by atoms with Crippen LogP contribution in [0.4, 0.5) is 11.4 Å². The van der Waals surface area contributed by atoms with E-state index in [1.807, 2.05) is 42.5 Å². The van der Waals surface area contributed by atoms with Crippen LogP contribution in [-0.2, 0) is 11.3 Å². The van der Waals surface area contributed by atoms with Gasteiger partial charge in [0, 0.05) is 34.4 Å². The summed E-state index contributed by atoms with van der Waals surface area (Å²) in [5.41, 5.74) is 6.76. The standard InChI is InChI=1S/C27H23ClN4O/c1-2-29-16-17-5-9-21(10-6-17)31-26(19-7-12-23-18(14-19)4-3-13-30-23)25-22-11-8-20(28)15-24(22)32-27(25)33/h3-15,29,31H,2,16H2,1H3,(H,32,33)/b26-25-. The third-order valence-electron chi connectivity index (χ3n) is 5.67. The lowest BCUT2D eigenvalue weighted by Crippen LogP contribution is -2.12. The van der Waals surface area contributed by atoms with Gasteiger partial charge in [0.1, 0.15) is 0 Å². The van der Waals surface area contributed by atoms with E-state index in [0.29, 0.717) is 16.3 Å². The topological polar surface area (TPSA) is 66.0 Å². The third-order valence-corrected chi connectivity index (χ3v) is 5.91. The van der Waals surface area contributed by atoms with Crippen LogP contribution in [0.1, 0.15) is 23.6 Å². The summed E-state index contributed by atoms with van der Waals surface area (Å²) >= 11 is 6.17. The molecule has 3 aromatic carbocycles. The number of hydrogen-bond donors (Lipinski definition) is 3. The second-order valence-electron chi connectivity index (χ2n) is 7.91. The first-order chi connectivity index (χ1) is 16.1. The zero-order chi connectivity index (χ0) is 22.8. The molecule has 0 radical (unpaired) electrons. The number of halogens is 1. The van der Waals surface area contributed by atoms with Crippen LogP contribution in [0.15, 0.2) is 79.0 Å². The van der Waals surface area contributed by atoms with Gasteiger partial charge < -0.3 is 16.0 Å². The number of amides is 1. The maximum atomic E-state index is 13.1. The smallest absolute Gasteiger partial charge is 0.258 e. The molecule has 0 atom stereocenters. The first-order valence-corrected chi connectivity index (χ1v) is 11.3. The molecule has 0 fully saturated rings. The van der Waals surface area contributed by atoms with Gasteiger partial charge >= 0.3 is 0 Å². The molecule has 0 saturated carbocycles. The molecule has 0 spiro atoms. The number of rotatable bonds is 6. The Morgan fingerprint density at radius 2 is 1.88 bits per heavy atom. The lowest BCUT2D eigenvalue weighted by molar-refractivity contribution is -0.110. The average molecular weight is 455 g/mol. The van der Waals surface area contributed by atoms with Crippen LogP contribution in [0.2, 0.25) is 5.02 Å². The molecular weight excluding hydrogens is 432 g/mol. The number of pyridine rings is 1. The minimum absolute atomic E-state index is 0.162. The van der Waals surface area contributed by atoms with Crippen molar-refractivity contribution < 1.29 is 4.79 Å². The Labute approximate surface area is 197 Å². The molecule has 33 heavy (non-hydrogen) atoms. The second-order valence-corrected chi connectivity index (χ2v) is 8.34. The van der Waals surface area contributed by atoms with Crippen LogP contribution in [0.25, 0.3) is 22.2 Å². The highest BCUT2D eigenvalue weighted by Gasteiger charge is 2.28. The van der Waals surface area contributed by atoms with E-state index in [1.54, 1.807) is 18.3 Å². The van der Waals surface area contributed by atoms with E-state index in [4.69, 9.17) is 11.6 Å². The maximum Gasteiger partial charge on any atom is 0.258 e. The second kappa shape index (κ2) is 9.06. The summed E-state index contributed by atoms with van der Waals surface area (Å²) in [5, 5.41) is 11.4. The van der Waals surface area contributed by atoms with E-state index in [-0.39, 0.29) is 5.91 Å². The Morgan fingerprint density at radius 1 is 1.03 bits per heavy atom. The van der Waals surface area contributed by atoms with Crippen molar-refractivity contribution in [3.8, 4) is 0 Å². The molecule has 2 heterocycles. The Bertz CT molecular complexity index is 1380. The number of nitrogens with zero attached hydrogens (tertiary/aromatic N) is 1. The monoisotopic (exact) mass is 454 g/mol. The van der Waals surface area contributed by atoms with Gasteiger partial charge in [-0.2, -0.15) is 0 Å². The quantitative estimate of drug-likeness (QED) is 0.316. The van der Waals surface area contributed by atoms with E-state index in [1.165, 1.54) is 5.56 Å². The molecule has 4 aromatic rings. The molecule has 1 aromatic heterocycles. The van der Waals surface area contributed by atoms with Crippen LogP contribution >= 0.6 is 11.6 Å². The number of hydrogen-bond acceptors (Lipinski definition) is 4. The predicted molar refractivity (Wildman–Crippen MR) is 136 cm³/mol. The lowest BCUT2D eigenvalue weighted by atomic mass is 9.99. The van der Waals surface area contributed by atoms with Crippen molar-refractivity contribution in [3.63, 3.8) is 0 Å². The highest BCUT2D eigenvalue weighted by Crippen LogP contribution is 2.39. The van der Waals surface area contributed by atoms with Gasteiger partial charge in [-0.3, -0.25) is 9.78 Å². The van der Waals surface area contributed by atoms with E-state index in [9.17, 15) is 4.79 Å². The lowest BCUT2D eigenvalue weighted by Gasteiger charge is -2.16. The molecule has 1 aliphatic rings. The Kier molecular flexibility index (Phi) is 5.82. The molecule has 3 N–H and O–H groups in total. The number of benzene rings is 3. The summed E-state index contributed by atoms with van der Waals surface area (Å²) in [6.07, 6.45) is 1.78. The van der Waals surface area contributed by atoms with E-state index < -0.39 is 0 Å². The predicted octanol–water partition coefficient (Wildman–Crippen LogP) is 5.93. The minimum Gasteiger partial charge on any atom is -0.354 e. The van der Waals surface area contributed by atoms with E-state index in [2.05, 4.69) is 46.1 Å². The first kappa shape index (κ1) is 21.2. The molecule has 0 unspecified atom stereocenters. The fraction of sp³-hybridized carbons (Fsp3) is 0.111. The Balaban J connectivity index is 1.63. The maximum absolute atomic E-state index is 13.1. The number of fused-ring (bicyclic) bond motifs is 2. The summed E-state index contributed by atoms with van der Waals surface area (Å²) < 4.78 is 0. The van der Waals surface area contributed by atoms with Crippen molar-refractivity contribution >= 4 is 51.1 Å². The van der Waals surface area contributed by atoms with Crippen molar-refractivity contribution in [2.24, 2.45) is 0 Å². The molecule has 1 amide bonds. The Hall–Kier alpha value is -3.67. The number of nitrogens with one attached hydrogen (secondary N) is 3. The summed E-state index contributed by atoms with van der Waals surface area (Å²) in [6, 6.07) is 23.6. The van der Waals surface area contributed by atoms with E-state index in [0.717, 1.165) is 46.5 Å². The fourth-order valence-corrected chi connectivity index (χ4v) is 4.20. The van der Waals surface area contributed by atoms with Gasteiger partial charge in [-0.1, -0.05) is 48.9 Å².